The average Bonchev–Trinajstić information content (AvgIpc) is 2.97. The summed E-state index contributed by atoms with van der Waals surface area (Å²) in [5, 5.41) is 16.8. The van der Waals surface area contributed by atoms with Gasteiger partial charge in [-0.3, -0.25) is 0 Å². The van der Waals surface area contributed by atoms with Gasteiger partial charge in [0.05, 0.1) is 6.54 Å². The van der Waals surface area contributed by atoms with Crippen LogP contribution < -0.4 is 5.32 Å². The molecule has 0 aliphatic heterocycles. The van der Waals surface area contributed by atoms with E-state index >= 15 is 0 Å². The molecule has 0 amide bonds. The van der Waals surface area contributed by atoms with Crippen molar-refractivity contribution in [3.05, 3.63) is 12.2 Å². The van der Waals surface area contributed by atoms with Gasteiger partial charge in [-0.15, -0.1) is 0 Å². The highest BCUT2D eigenvalue weighted by Crippen LogP contribution is 2.30. The van der Waals surface area contributed by atoms with Gasteiger partial charge in [0.25, 0.3) is 0 Å². The Bertz CT molecular complexity index is 339. The van der Waals surface area contributed by atoms with Crippen molar-refractivity contribution in [1.29, 1.82) is 0 Å². The Balaban J connectivity index is 1.76. The molecule has 1 aliphatic carbocycles. The van der Waals surface area contributed by atoms with Gasteiger partial charge in [-0.2, -0.15) is 5.10 Å². The number of aliphatic hydroxyl groups excluding tert-OH is 1. The summed E-state index contributed by atoms with van der Waals surface area (Å²) >= 11 is 0. The zero-order valence-corrected chi connectivity index (χ0v) is 10.5. The van der Waals surface area contributed by atoms with Crippen molar-refractivity contribution in [2.45, 2.75) is 39.3 Å². The predicted octanol–water partition coefficient (Wildman–Crippen LogP) is 0.796. The average molecular weight is 238 g/mol. The van der Waals surface area contributed by atoms with Crippen molar-refractivity contribution in [2.24, 2.45) is 11.8 Å². The quantitative estimate of drug-likeness (QED) is 0.769. The van der Waals surface area contributed by atoms with Crippen LogP contribution in [-0.4, -0.2) is 33.0 Å². The molecule has 1 heterocycles. The van der Waals surface area contributed by atoms with E-state index in [1.54, 1.807) is 6.33 Å². The number of nitrogens with one attached hydrogen (secondary N) is 1. The second-order valence-corrected chi connectivity index (χ2v) is 4.76. The summed E-state index contributed by atoms with van der Waals surface area (Å²) in [5.74, 6) is 2.11. The molecule has 0 saturated heterocycles. The first-order chi connectivity index (χ1) is 8.35. The minimum absolute atomic E-state index is 0.331. The lowest BCUT2D eigenvalue weighted by atomic mass is 9.97. The van der Waals surface area contributed by atoms with Crippen LogP contribution in [-0.2, 0) is 13.1 Å². The van der Waals surface area contributed by atoms with Crippen molar-refractivity contribution in [3.8, 4) is 0 Å². The molecule has 17 heavy (non-hydrogen) atoms. The van der Waals surface area contributed by atoms with Crippen molar-refractivity contribution in [3.63, 3.8) is 0 Å². The summed E-state index contributed by atoms with van der Waals surface area (Å²) in [7, 11) is 0. The van der Waals surface area contributed by atoms with E-state index in [0.717, 1.165) is 25.5 Å². The van der Waals surface area contributed by atoms with Gasteiger partial charge in [-0.05, 0) is 38.1 Å². The molecule has 2 unspecified atom stereocenters. The molecule has 5 nitrogen and oxygen atoms in total. The lowest BCUT2D eigenvalue weighted by Gasteiger charge is -2.17. The van der Waals surface area contributed by atoms with E-state index < -0.39 is 0 Å². The number of aromatic nitrogens is 3. The van der Waals surface area contributed by atoms with E-state index in [9.17, 15) is 5.11 Å². The molecule has 1 aliphatic rings. The van der Waals surface area contributed by atoms with Crippen molar-refractivity contribution < 1.29 is 5.11 Å². The molecule has 0 bridgehead atoms. The Morgan fingerprint density at radius 2 is 2.29 bits per heavy atom. The molecule has 0 spiro atoms. The first-order valence-electron chi connectivity index (χ1n) is 6.53. The van der Waals surface area contributed by atoms with Gasteiger partial charge in [-0.1, -0.05) is 6.42 Å². The van der Waals surface area contributed by atoms with E-state index in [-0.39, 0.29) is 0 Å². The molecule has 1 aromatic rings. The first kappa shape index (κ1) is 12.5. The molecule has 1 saturated carbocycles. The fraction of sp³-hybridized carbons (Fsp3) is 0.833. The summed E-state index contributed by atoms with van der Waals surface area (Å²) in [6, 6.07) is 0. The topological polar surface area (TPSA) is 63.0 Å². The van der Waals surface area contributed by atoms with Crippen LogP contribution in [0.15, 0.2) is 6.33 Å². The minimum Gasteiger partial charge on any atom is -0.396 e. The van der Waals surface area contributed by atoms with E-state index in [4.69, 9.17) is 0 Å². The third-order valence-electron chi connectivity index (χ3n) is 3.74. The smallest absolute Gasteiger partial charge is 0.140 e. The van der Waals surface area contributed by atoms with Crippen LogP contribution in [0.4, 0.5) is 0 Å². The van der Waals surface area contributed by atoms with Crippen LogP contribution in [0.3, 0.4) is 0 Å². The largest absolute Gasteiger partial charge is 0.396 e. The SMILES string of the molecule is CCn1ncnc1CNCC1CCCC1CO. The van der Waals surface area contributed by atoms with Gasteiger partial charge in [-0.25, -0.2) is 9.67 Å². The maximum atomic E-state index is 9.25. The third kappa shape index (κ3) is 3.04. The van der Waals surface area contributed by atoms with E-state index in [0.29, 0.717) is 18.4 Å². The van der Waals surface area contributed by atoms with Crippen molar-refractivity contribution in [2.75, 3.05) is 13.2 Å². The summed E-state index contributed by atoms with van der Waals surface area (Å²) in [5.41, 5.74) is 0. The lowest BCUT2D eigenvalue weighted by Crippen LogP contribution is -2.27. The molecule has 5 heteroatoms. The predicted molar refractivity (Wildman–Crippen MR) is 65.3 cm³/mol. The van der Waals surface area contributed by atoms with Gasteiger partial charge in [0, 0.05) is 13.2 Å². The summed E-state index contributed by atoms with van der Waals surface area (Å²) in [6.07, 6.45) is 5.27. The third-order valence-corrected chi connectivity index (χ3v) is 3.74. The molecule has 2 rings (SSSR count). The van der Waals surface area contributed by atoms with E-state index in [1.165, 1.54) is 19.3 Å². The normalized spacial score (nSPS) is 24.4. The Kier molecular flexibility index (Phi) is 4.50. The fourth-order valence-corrected chi connectivity index (χ4v) is 2.68. The number of hydrogen-bond donors (Lipinski definition) is 2. The molecule has 0 radical (unpaired) electrons. The molecule has 0 aromatic carbocycles. The first-order valence-corrected chi connectivity index (χ1v) is 6.53. The molecule has 96 valence electrons. The Hall–Kier alpha value is -0.940. The second kappa shape index (κ2) is 6.12. The van der Waals surface area contributed by atoms with E-state index in [2.05, 4.69) is 22.3 Å². The van der Waals surface area contributed by atoms with Crippen LogP contribution in [0.25, 0.3) is 0 Å². The van der Waals surface area contributed by atoms with Crippen molar-refractivity contribution in [1.82, 2.24) is 20.1 Å². The summed E-state index contributed by atoms with van der Waals surface area (Å²) in [4.78, 5) is 4.23. The number of aryl methyl sites for hydroxylation is 1. The zero-order chi connectivity index (χ0) is 12.1. The molecule has 1 aromatic heterocycles. The molecule has 2 atom stereocenters. The lowest BCUT2D eigenvalue weighted by molar-refractivity contribution is 0.192. The summed E-state index contributed by atoms with van der Waals surface area (Å²) < 4.78 is 1.91. The maximum absolute atomic E-state index is 9.25. The summed E-state index contributed by atoms with van der Waals surface area (Å²) in [6.45, 7) is 5.00. The Morgan fingerprint density at radius 3 is 3.06 bits per heavy atom. The Labute approximate surface area is 102 Å². The highest BCUT2D eigenvalue weighted by Gasteiger charge is 2.25. The van der Waals surface area contributed by atoms with E-state index in [1.807, 2.05) is 4.68 Å². The molecular formula is C12H22N4O. The van der Waals surface area contributed by atoms with Crippen LogP contribution in [0.1, 0.15) is 32.0 Å². The minimum atomic E-state index is 0.331. The van der Waals surface area contributed by atoms with Gasteiger partial charge in [0.2, 0.25) is 0 Å². The van der Waals surface area contributed by atoms with Gasteiger partial charge in [0.15, 0.2) is 0 Å². The molecule has 1 fully saturated rings. The highest BCUT2D eigenvalue weighted by molar-refractivity contribution is 4.85. The number of aliphatic hydroxyl groups is 1. The van der Waals surface area contributed by atoms with Crippen molar-refractivity contribution >= 4 is 0 Å². The fourth-order valence-electron chi connectivity index (χ4n) is 2.68. The van der Waals surface area contributed by atoms with Gasteiger partial charge < -0.3 is 10.4 Å². The maximum Gasteiger partial charge on any atom is 0.140 e. The van der Waals surface area contributed by atoms with Gasteiger partial charge in [0.1, 0.15) is 12.2 Å². The van der Waals surface area contributed by atoms with Crippen LogP contribution in [0.5, 0.6) is 0 Å². The Morgan fingerprint density at radius 1 is 1.47 bits per heavy atom. The van der Waals surface area contributed by atoms with Crippen LogP contribution in [0.2, 0.25) is 0 Å². The molecule has 2 N–H and O–H groups in total. The standard InChI is InChI=1S/C12H22N4O/c1-2-16-12(14-9-15-16)7-13-6-10-4-3-5-11(10)8-17/h9-11,13,17H,2-8H2,1H3. The second-order valence-electron chi connectivity index (χ2n) is 4.76. The van der Waals surface area contributed by atoms with Crippen LogP contribution in [0, 0.1) is 11.8 Å². The molecular weight excluding hydrogens is 216 g/mol. The number of rotatable bonds is 6. The number of hydrogen-bond acceptors (Lipinski definition) is 4. The monoisotopic (exact) mass is 238 g/mol. The number of nitrogens with zero attached hydrogens (tertiary/aromatic N) is 3. The zero-order valence-electron chi connectivity index (χ0n) is 10.5. The van der Waals surface area contributed by atoms with Crippen LogP contribution >= 0.6 is 0 Å². The highest BCUT2D eigenvalue weighted by atomic mass is 16.3. The van der Waals surface area contributed by atoms with Gasteiger partial charge >= 0.3 is 0 Å².